The third-order valence-electron chi connectivity index (χ3n) is 3.31. The molecule has 0 saturated heterocycles. The van der Waals surface area contributed by atoms with Crippen molar-refractivity contribution in [1.29, 1.82) is 0 Å². The molecule has 2 N–H and O–H groups in total. The minimum absolute atomic E-state index is 0.327. The molecule has 4 nitrogen and oxygen atoms in total. The van der Waals surface area contributed by atoms with Gasteiger partial charge in [0.05, 0.1) is 10.6 Å². The fourth-order valence-electron chi connectivity index (χ4n) is 2.10. The van der Waals surface area contributed by atoms with E-state index in [0.29, 0.717) is 28.0 Å². The van der Waals surface area contributed by atoms with Crippen LogP contribution in [0.5, 0.6) is 0 Å². The Labute approximate surface area is 127 Å². The van der Waals surface area contributed by atoms with Crippen LogP contribution in [0.15, 0.2) is 47.0 Å². The minimum Gasteiger partial charge on any atom is -0.398 e. The van der Waals surface area contributed by atoms with Gasteiger partial charge in [0, 0.05) is 11.3 Å². The van der Waals surface area contributed by atoms with E-state index in [-0.39, 0.29) is 0 Å². The van der Waals surface area contributed by atoms with E-state index in [9.17, 15) is 0 Å². The van der Waals surface area contributed by atoms with Crippen LogP contribution in [0, 0.1) is 0 Å². The van der Waals surface area contributed by atoms with Crippen LogP contribution in [0.2, 0.25) is 5.02 Å². The Bertz CT molecular complexity index is 745. The van der Waals surface area contributed by atoms with Gasteiger partial charge in [-0.2, -0.15) is 4.98 Å². The van der Waals surface area contributed by atoms with Gasteiger partial charge in [-0.3, -0.25) is 0 Å². The highest BCUT2D eigenvalue weighted by Gasteiger charge is 2.15. The topological polar surface area (TPSA) is 64.9 Å². The third kappa shape index (κ3) is 2.62. The van der Waals surface area contributed by atoms with E-state index < -0.39 is 0 Å². The lowest BCUT2D eigenvalue weighted by Crippen LogP contribution is -1.91. The van der Waals surface area contributed by atoms with Crippen LogP contribution in [0.25, 0.3) is 22.8 Å². The number of nitrogens with zero attached hydrogens (tertiary/aromatic N) is 2. The van der Waals surface area contributed by atoms with Crippen molar-refractivity contribution in [2.45, 2.75) is 13.3 Å². The smallest absolute Gasteiger partial charge is 0.261 e. The second-order valence-electron chi connectivity index (χ2n) is 4.68. The highest BCUT2D eigenvalue weighted by atomic mass is 35.5. The van der Waals surface area contributed by atoms with Crippen molar-refractivity contribution in [3.05, 3.63) is 53.1 Å². The normalized spacial score (nSPS) is 10.8. The van der Waals surface area contributed by atoms with Gasteiger partial charge in [0.2, 0.25) is 5.82 Å². The Hall–Kier alpha value is -2.33. The fraction of sp³-hybridized carbons (Fsp3) is 0.125. The number of nitrogen functional groups attached to an aromatic ring is 1. The Morgan fingerprint density at radius 3 is 2.57 bits per heavy atom. The van der Waals surface area contributed by atoms with Gasteiger partial charge in [-0.1, -0.05) is 54.0 Å². The molecular formula is C16H14ClN3O. The lowest BCUT2D eigenvalue weighted by atomic mass is 10.1. The summed E-state index contributed by atoms with van der Waals surface area (Å²) in [5.41, 5.74) is 9.17. The fourth-order valence-corrected chi connectivity index (χ4v) is 2.36. The van der Waals surface area contributed by atoms with E-state index in [4.69, 9.17) is 21.9 Å². The summed E-state index contributed by atoms with van der Waals surface area (Å²) in [6, 6.07) is 13.3. The summed E-state index contributed by atoms with van der Waals surface area (Å²) in [6.45, 7) is 2.11. The molecule has 0 saturated carbocycles. The zero-order chi connectivity index (χ0) is 14.8. The van der Waals surface area contributed by atoms with Gasteiger partial charge in [0.1, 0.15) is 0 Å². The maximum absolute atomic E-state index is 6.15. The van der Waals surface area contributed by atoms with Crippen LogP contribution in [0.4, 0.5) is 5.69 Å². The molecule has 5 heteroatoms. The van der Waals surface area contributed by atoms with Gasteiger partial charge >= 0.3 is 0 Å². The van der Waals surface area contributed by atoms with Gasteiger partial charge in [0.25, 0.3) is 5.89 Å². The summed E-state index contributed by atoms with van der Waals surface area (Å²) in [5.74, 6) is 0.847. The highest BCUT2D eigenvalue weighted by molar-refractivity contribution is 6.33. The number of hydrogen-bond donors (Lipinski definition) is 1. The molecule has 0 fully saturated rings. The van der Waals surface area contributed by atoms with Gasteiger partial charge in [-0.15, -0.1) is 0 Å². The summed E-state index contributed by atoms with van der Waals surface area (Å²) in [4.78, 5) is 4.39. The second kappa shape index (κ2) is 5.58. The van der Waals surface area contributed by atoms with Crippen molar-refractivity contribution in [1.82, 2.24) is 10.1 Å². The largest absolute Gasteiger partial charge is 0.398 e. The van der Waals surface area contributed by atoms with E-state index in [2.05, 4.69) is 29.2 Å². The maximum atomic E-state index is 6.15. The van der Waals surface area contributed by atoms with Crippen molar-refractivity contribution in [2.75, 3.05) is 5.73 Å². The number of halogens is 1. The van der Waals surface area contributed by atoms with Crippen LogP contribution in [0.3, 0.4) is 0 Å². The first-order valence-corrected chi connectivity index (χ1v) is 7.04. The van der Waals surface area contributed by atoms with Gasteiger partial charge < -0.3 is 10.3 Å². The number of benzene rings is 2. The van der Waals surface area contributed by atoms with Crippen molar-refractivity contribution < 1.29 is 4.52 Å². The first-order valence-electron chi connectivity index (χ1n) is 6.66. The molecule has 0 amide bonds. The highest BCUT2D eigenvalue weighted by Crippen LogP contribution is 2.33. The SMILES string of the molecule is CCc1ccc(-c2noc(-c3c(N)cccc3Cl)n2)cc1. The number of nitrogens with two attached hydrogens (primary N) is 1. The van der Waals surface area contributed by atoms with E-state index in [0.717, 1.165) is 12.0 Å². The molecule has 106 valence electrons. The molecule has 1 heterocycles. The first-order chi connectivity index (χ1) is 10.2. The van der Waals surface area contributed by atoms with Crippen molar-refractivity contribution >= 4 is 17.3 Å². The summed E-state index contributed by atoms with van der Waals surface area (Å²) in [7, 11) is 0. The maximum Gasteiger partial charge on any atom is 0.261 e. The average Bonchev–Trinajstić information content (AvgIpc) is 2.97. The van der Waals surface area contributed by atoms with Crippen LogP contribution >= 0.6 is 11.6 Å². The number of hydrogen-bond acceptors (Lipinski definition) is 4. The third-order valence-corrected chi connectivity index (χ3v) is 3.62. The molecule has 0 radical (unpaired) electrons. The van der Waals surface area contributed by atoms with E-state index in [1.54, 1.807) is 18.2 Å². The molecule has 0 unspecified atom stereocenters. The summed E-state index contributed by atoms with van der Waals surface area (Å²) in [5, 5.41) is 4.49. The van der Waals surface area contributed by atoms with E-state index in [1.165, 1.54) is 5.56 Å². The molecule has 0 aliphatic carbocycles. The van der Waals surface area contributed by atoms with Gasteiger partial charge in [-0.25, -0.2) is 0 Å². The Morgan fingerprint density at radius 2 is 1.90 bits per heavy atom. The molecule has 0 aliphatic rings. The molecule has 21 heavy (non-hydrogen) atoms. The van der Waals surface area contributed by atoms with E-state index >= 15 is 0 Å². The molecule has 2 aromatic carbocycles. The lowest BCUT2D eigenvalue weighted by Gasteiger charge is -2.01. The van der Waals surface area contributed by atoms with Crippen molar-refractivity contribution in [2.24, 2.45) is 0 Å². The predicted octanol–water partition coefficient (Wildman–Crippen LogP) is 4.20. The second-order valence-corrected chi connectivity index (χ2v) is 5.08. The van der Waals surface area contributed by atoms with Gasteiger partial charge in [-0.05, 0) is 24.1 Å². The van der Waals surface area contributed by atoms with Crippen LogP contribution in [-0.4, -0.2) is 10.1 Å². The monoisotopic (exact) mass is 299 g/mol. The molecule has 3 rings (SSSR count). The number of aromatic nitrogens is 2. The van der Waals surface area contributed by atoms with Crippen LogP contribution in [0.1, 0.15) is 12.5 Å². The Morgan fingerprint density at radius 1 is 1.14 bits per heavy atom. The van der Waals surface area contributed by atoms with Crippen LogP contribution < -0.4 is 5.73 Å². The van der Waals surface area contributed by atoms with Crippen molar-refractivity contribution in [3.8, 4) is 22.8 Å². The summed E-state index contributed by atoms with van der Waals surface area (Å²) >= 11 is 6.15. The summed E-state index contributed by atoms with van der Waals surface area (Å²) < 4.78 is 5.30. The molecule has 3 aromatic rings. The van der Waals surface area contributed by atoms with Crippen molar-refractivity contribution in [3.63, 3.8) is 0 Å². The molecule has 0 atom stereocenters. The Balaban J connectivity index is 1.99. The lowest BCUT2D eigenvalue weighted by molar-refractivity contribution is 0.432. The predicted molar refractivity (Wildman–Crippen MR) is 84.0 cm³/mol. The molecular weight excluding hydrogens is 286 g/mol. The summed E-state index contributed by atoms with van der Waals surface area (Å²) in [6.07, 6.45) is 0.994. The minimum atomic E-state index is 0.327. The molecule has 0 aliphatic heterocycles. The number of aryl methyl sites for hydroxylation is 1. The Kier molecular flexibility index (Phi) is 3.62. The zero-order valence-corrected chi connectivity index (χ0v) is 12.3. The number of anilines is 1. The first kappa shape index (κ1) is 13.6. The van der Waals surface area contributed by atoms with Crippen LogP contribution in [-0.2, 0) is 6.42 Å². The molecule has 1 aromatic heterocycles. The molecule has 0 bridgehead atoms. The van der Waals surface area contributed by atoms with E-state index in [1.807, 2.05) is 12.1 Å². The number of rotatable bonds is 3. The average molecular weight is 300 g/mol. The quantitative estimate of drug-likeness (QED) is 0.736. The zero-order valence-electron chi connectivity index (χ0n) is 11.5. The van der Waals surface area contributed by atoms with Gasteiger partial charge in [0.15, 0.2) is 0 Å². The standard InChI is InChI=1S/C16H14ClN3O/c1-2-10-6-8-11(9-7-10)15-19-16(21-20-15)14-12(17)4-3-5-13(14)18/h3-9H,2,18H2,1H3. The molecule has 0 spiro atoms.